The lowest BCUT2D eigenvalue weighted by atomic mass is 9.92. The Labute approximate surface area is 193 Å². The Morgan fingerprint density at radius 3 is 1.97 bits per heavy atom. The van der Waals surface area contributed by atoms with Gasteiger partial charge in [0.1, 0.15) is 16.8 Å². The highest BCUT2D eigenvalue weighted by atomic mass is 15.2. The first-order valence-electron chi connectivity index (χ1n) is 11.3. The molecule has 162 valence electrons. The van der Waals surface area contributed by atoms with E-state index in [-0.39, 0.29) is 0 Å². The van der Waals surface area contributed by atoms with E-state index < -0.39 is 0 Å². The first kappa shape index (κ1) is 19.7. The van der Waals surface area contributed by atoms with Crippen LogP contribution in [-0.2, 0) is 7.05 Å². The summed E-state index contributed by atoms with van der Waals surface area (Å²) in [7, 11) is 2.07. The number of benzene rings is 3. The molecule has 0 fully saturated rings. The molecule has 6 aromatic rings. The molecule has 0 spiro atoms. The topological polar surface area (TPSA) is 35.1 Å². The fourth-order valence-corrected chi connectivity index (χ4v) is 5.46. The Kier molecular flexibility index (Phi) is 4.21. The van der Waals surface area contributed by atoms with Gasteiger partial charge in [-0.1, -0.05) is 54.6 Å². The Balaban J connectivity index is 1.84. The number of pyridine rings is 1. The van der Waals surface area contributed by atoms with E-state index in [2.05, 4.69) is 98.3 Å². The zero-order valence-corrected chi connectivity index (χ0v) is 19.6. The molecule has 6 rings (SSSR count). The van der Waals surface area contributed by atoms with Crippen LogP contribution >= 0.6 is 0 Å². The SMILES string of the molecule is Cc1cccc(C)c1-c1cccc2c1c1ncn(C)c1n1c(-c3c(C)cccc3C)cnc21. The third kappa shape index (κ3) is 2.70. The van der Waals surface area contributed by atoms with Gasteiger partial charge in [0.05, 0.1) is 18.2 Å². The first-order chi connectivity index (χ1) is 16.0. The van der Waals surface area contributed by atoms with Crippen molar-refractivity contribution in [2.45, 2.75) is 27.7 Å². The summed E-state index contributed by atoms with van der Waals surface area (Å²) >= 11 is 0. The van der Waals surface area contributed by atoms with E-state index in [1.54, 1.807) is 0 Å². The van der Waals surface area contributed by atoms with Crippen LogP contribution in [0, 0.1) is 27.7 Å². The van der Waals surface area contributed by atoms with Crippen LogP contribution in [0.4, 0.5) is 0 Å². The Morgan fingerprint density at radius 2 is 1.30 bits per heavy atom. The summed E-state index contributed by atoms with van der Waals surface area (Å²) in [5.41, 5.74) is 12.9. The van der Waals surface area contributed by atoms with E-state index in [9.17, 15) is 0 Å². The summed E-state index contributed by atoms with van der Waals surface area (Å²) in [4.78, 5) is 9.89. The van der Waals surface area contributed by atoms with E-state index in [1.807, 2.05) is 12.5 Å². The van der Waals surface area contributed by atoms with Gasteiger partial charge in [-0.15, -0.1) is 0 Å². The van der Waals surface area contributed by atoms with Crippen molar-refractivity contribution in [3.8, 4) is 22.4 Å². The number of hydrogen-bond donors (Lipinski definition) is 0. The lowest BCUT2D eigenvalue weighted by molar-refractivity contribution is 0.921. The van der Waals surface area contributed by atoms with Gasteiger partial charge in [-0.25, -0.2) is 9.97 Å². The van der Waals surface area contributed by atoms with Crippen molar-refractivity contribution in [3.63, 3.8) is 0 Å². The third-order valence-corrected chi connectivity index (χ3v) is 6.91. The van der Waals surface area contributed by atoms with Crippen molar-refractivity contribution in [1.29, 1.82) is 0 Å². The molecule has 0 N–H and O–H groups in total. The summed E-state index contributed by atoms with van der Waals surface area (Å²) < 4.78 is 4.40. The van der Waals surface area contributed by atoms with Crippen LogP contribution < -0.4 is 0 Å². The molecule has 0 aliphatic heterocycles. The van der Waals surface area contributed by atoms with Crippen LogP contribution in [0.1, 0.15) is 22.3 Å². The van der Waals surface area contributed by atoms with Crippen molar-refractivity contribution in [1.82, 2.24) is 18.9 Å². The third-order valence-electron chi connectivity index (χ3n) is 6.91. The minimum atomic E-state index is 0.965. The van der Waals surface area contributed by atoms with Crippen LogP contribution in [0.15, 0.2) is 67.1 Å². The van der Waals surface area contributed by atoms with Crippen molar-refractivity contribution in [3.05, 3.63) is 89.4 Å². The van der Waals surface area contributed by atoms with Crippen LogP contribution in [0.25, 0.3) is 50.0 Å². The highest BCUT2D eigenvalue weighted by Crippen LogP contribution is 2.40. The Bertz CT molecular complexity index is 1680. The molecule has 4 nitrogen and oxygen atoms in total. The van der Waals surface area contributed by atoms with Crippen LogP contribution in [0.5, 0.6) is 0 Å². The maximum absolute atomic E-state index is 4.98. The molecule has 3 aromatic heterocycles. The van der Waals surface area contributed by atoms with Gasteiger partial charge in [0.25, 0.3) is 0 Å². The number of nitrogens with zero attached hydrogens (tertiary/aromatic N) is 4. The summed E-state index contributed by atoms with van der Waals surface area (Å²) in [5.74, 6) is 0. The summed E-state index contributed by atoms with van der Waals surface area (Å²) in [6.07, 6.45) is 3.93. The molecule has 0 saturated carbocycles. The number of aryl methyl sites for hydroxylation is 5. The zero-order chi connectivity index (χ0) is 22.9. The number of hydrogen-bond acceptors (Lipinski definition) is 2. The van der Waals surface area contributed by atoms with Crippen molar-refractivity contribution < 1.29 is 0 Å². The minimum absolute atomic E-state index is 0.965. The highest BCUT2D eigenvalue weighted by Gasteiger charge is 2.21. The molecule has 4 heteroatoms. The average Bonchev–Trinajstić information content (AvgIpc) is 3.38. The second-order valence-corrected chi connectivity index (χ2v) is 9.09. The predicted octanol–water partition coefficient (Wildman–Crippen LogP) is 6.94. The molecular weight excluding hydrogens is 404 g/mol. The van der Waals surface area contributed by atoms with Gasteiger partial charge >= 0.3 is 0 Å². The monoisotopic (exact) mass is 430 g/mol. The maximum Gasteiger partial charge on any atom is 0.147 e. The van der Waals surface area contributed by atoms with Crippen LogP contribution in [0.2, 0.25) is 0 Å². The lowest BCUT2D eigenvalue weighted by Crippen LogP contribution is -2.00. The zero-order valence-electron chi connectivity index (χ0n) is 19.6. The van der Waals surface area contributed by atoms with E-state index in [0.717, 1.165) is 33.3 Å². The standard InChI is InChI=1S/C29H26N4/c1-17-9-6-10-18(2)24(17)21-13-8-14-22-26(21)27-29(32(5)16-31-27)33-23(15-30-28(22)33)25-19(3)11-7-12-20(25)4/h6-16H,1-5H3. The van der Waals surface area contributed by atoms with Gasteiger partial charge in [-0.05, 0) is 61.1 Å². The van der Waals surface area contributed by atoms with E-state index in [0.29, 0.717) is 0 Å². The van der Waals surface area contributed by atoms with E-state index >= 15 is 0 Å². The number of imidazole rings is 2. The van der Waals surface area contributed by atoms with Gasteiger partial charge in [0.2, 0.25) is 0 Å². The average molecular weight is 431 g/mol. The molecule has 0 aliphatic rings. The minimum Gasteiger partial charge on any atom is -0.319 e. The molecule has 0 atom stereocenters. The van der Waals surface area contributed by atoms with Gasteiger partial charge < -0.3 is 4.57 Å². The maximum atomic E-state index is 4.98. The molecule has 0 unspecified atom stereocenters. The van der Waals surface area contributed by atoms with Gasteiger partial charge in [-0.2, -0.15) is 0 Å². The Morgan fingerprint density at radius 1 is 0.697 bits per heavy atom. The van der Waals surface area contributed by atoms with Gasteiger partial charge in [0, 0.05) is 23.4 Å². The predicted molar refractivity (Wildman–Crippen MR) is 137 cm³/mol. The second-order valence-electron chi connectivity index (χ2n) is 9.09. The molecule has 0 radical (unpaired) electrons. The second kappa shape index (κ2) is 7.04. The number of rotatable bonds is 2. The van der Waals surface area contributed by atoms with Crippen molar-refractivity contribution >= 4 is 27.6 Å². The molecule has 3 aromatic carbocycles. The van der Waals surface area contributed by atoms with Gasteiger partial charge in [-0.3, -0.25) is 4.40 Å². The van der Waals surface area contributed by atoms with E-state index in [4.69, 9.17) is 9.97 Å². The number of aromatic nitrogens is 4. The van der Waals surface area contributed by atoms with Crippen molar-refractivity contribution in [2.75, 3.05) is 0 Å². The van der Waals surface area contributed by atoms with Crippen molar-refractivity contribution in [2.24, 2.45) is 7.05 Å². The van der Waals surface area contributed by atoms with Crippen LogP contribution in [0.3, 0.4) is 0 Å². The highest BCUT2D eigenvalue weighted by molar-refractivity contribution is 6.16. The molecule has 3 heterocycles. The molecule has 0 amide bonds. The lowest BCUT2D eigenvalue weighted by Gasteiger charge is -2.16. The van der Waals surface area contributed by atoms with Crippen LogP contribution in [-0.4, -0.2) is 18.9 Å². The molecule has 33 heavy (non-hydrogen) atoms. The largest absolute Gasteiger partial charge is 0.319 e. The molecule has 0 aliphatic carbocycles. The molecule has 0 bridgehead atoms. The molecule has 0 saturated heterocycles. The smallest absolute Gasteiger partial charge is 0.147 e. The first-order valence-corrected chi connectivity index (χ1v) is 11.3. The Hall–Kier alpha value is -3.92. The fraction of sp³-hybridized carbons (Fsp3) is 0.172. The summed E-state index contributed by atoms with van der Waals surface area (Å²) in [6.45, 7) is 8.71. The van der Waals surface area contributed by atoms with Gasteiger partial charge in [0.15, 0.2) is 0 Å². The summed E-state index contributed by atoms with van der Waals surface area (Å²) in [6, 6.07) is 19.5. The normalized spacial score (nSPS) is 11.8. The quantitative estimate of drug-likeness (QED) is 0.298. The fourth-order valence-electron chi connectivity index (χ4n) is 5.46. The number of fused-ring (bicyclic) bond motifs is 6. The van der Waals surface area contributed by atoms with E-state index in [1.165, 1.54) is 38.9 Å². The summed E-state index contributed by atoms with van der Waals surface area (Å²) in [5, 5.41) is 2.29. The molecular formula is C29H26N4.